The van der Waals surface area contributed by atoms with Gasteiger partial charge in [0.15, 0.2) is 0 Å². The Labute approximate surface area is 129 Å². The number of ether oxygens (including phenoxy) is 1. The molecule has 0 bridgehead atoms. The Morgan fingerprint density at radius 2 is 2.29 bits per heavy atom. The number of nitrogens with zero attached hydrogens (tertiary/aromatic N) is 3. The Bertz CT molecular complexity index is 637. The smallest absolute Gasteiger partial charge is 0.221 e. The van der Waals surface area contributed by atoms with E-state index >= 15 is 0 Å². The van der Waals surface area contributed by atoms with Crippen LogP contribution in [0.2, 0.25) is 0 Å². The summed E-state index contributed by atoms with van der Waals surface area (Å²) in [5.41, 5.74) is 8.44. The van der Waals surface area contributed by atoms with Gasteiger partial charge in [0.05, 0.1) is 30.6 Å². The van der Waals surface area contributed by atoms with E-state index in [1.54, 1.807) is 12.4 Å². The number of rotatable bonds is 6. The summed E-state index contributed by atoms with van der Waals surface area (Å²) < 4.78 is 7.19. The predicted molar refractivity (Wildman–Crippen MR) is 86.2 cm³/mol. The van der Waals surface area contributed by atoms with Gasteiger partial charge in [-0.05, 0) is 37.1 Å². The van der Waals surface area contributed by atoms with Crippen molar-refractivity contribution in [2.24, 2.45) is 5.10 Å². The maximum absolute atomic E-state index is 5.97. The molecule has 0 aliphatic carbocycles. The van der Waals surface area contributed by atoms with Gasteiger partial charge in [0.25, 0.3) is 0 Å². The summed E-state index contributed by atoms with van der Waals surface area (Å²) in [6.07, 6.45) is 4.45. The molecule has 1 heterocycles. The van der Waals surface area contributed by atoms with Crippen LogP contribution in [-0.4, -0.2) is 22.5 Å². The van der Waals surface area contributed by atoms with Crippen molar-refractivity contribution >= 4 is 23.8 Å². The highest BCUT2D eigenvalue weighted by atomic mass is 35.5. The third kappa shape index (κ3) is 3.98. The number of alkyl halides is 1. The van der Waals surface area contributed by atoms with E-state index in [-0.39, 0.29) is 0 Å². The predicted octanol–water partition coefficient (Wildman–Crippen LogP) is 3.18. The lowest BCUT2D eigenvalue weighted by molar-refractivity contribution is 0.315. The normalized spacial score (nSPS) is 11.2. The monoisotopic (exact) mass is 306 g/mol. The molecule has 1 aromatic carbocycles. The quantitative estimate of drug-likeness (QED) is 0.658. The van der Waals surface area contributed by atoms with E-state index in [2.05, 4.69) is 17.0 Å². The number of hydrogen-bond donors (Lipinski definition) is 1. The molecule has 2 aromatic rings. The van der Waals surface area contributed by atoms with E-state index in [9.17, 15) is 0 Å². The van der Waals surface area contributed by atoms with Crippen molar-refractivity contribution in [1.82, 2.24) is 9.66 Å². The lowest BCUT2D eigenvalue weighted by Crippen LogP contribution is -2.00. The van der Waals surface area contributed by atoms with E-state index in [4.69, 9.17) is 22.1 Å². The van der Waals surface area contributed by atoms with Crippen molar-refractivity contribution in [2.45, 2.75) is 26.1 Å². The van der Waals surface area contributed by atoms with Gasteiger partial charge in [0.2, 0.25) is 5.95 Å². The first-order valence-corrected chi connectivity index (χ1v) is 7.35. The minimum Gasteiger partial charge on any atom is -0.493 e. The number of nitrogen functional groups attached to an aromatic ring is 1. The van der Waals surface area contributed by atoms with Crippen LogP contribution in [0.5, 0.6) is 5.75 Å². The van der Waals surface area contributed by atoms with E-state index in [1.165, 1.54) is 4.68 Å². The van der Waals surface area contributed by atoms with Gasteiger partial charge in [-0.1, -0.05) is 6.92 Å². The zero-order valence-electron chi connectivity index (χ0n) is 12.2. The molecular formula is C15H19ClN4O. The molecule has 1 aromatic heterocycles. The van der Waals surface area contributed by atoms with Crippen molar-refractivity contribution in [1.29, 1.82) is 0 Å². The molecule has 2 N–H and O–H groups in total. The van der Waals surface area contributed by atoms with E-state index in [0.717, 1.165) is 29.0 Å². The molecule has 0 saturated heterocycles. The first-order chi connectivity index (χ1) is 10.1. The summed E-state index contributed by atoms with van der Waals surface area (Å²) in [5, 5.41) is 4.28. The summed E-state index contributed by atoms with van der Waals surface area (Å²) in [7, 11) is 0. The molecule has 2 rings (SSSR count). The second kappa shape index (κ2) is 7.13. The molecule has 0 amide bonds. The lowest BCUT2D eigenvalue weighted by atomic mass is 10.1. The molecule has 0 saturated carbocycles. The number of halogens is 1. The van der Waals surface area contributed by atoms with Crippen molar-refractivity contribution in [2.75, 3.05) is 12.3 Å². The fraction of sp³-hybridized carbons (Fsp3) is 0.333. The van der Waals surface area contributed by atoms with Crippen LogP contribution in [0.3, 0.4) is 0 Å². The van der Waals surface area contributed by atoms with Crippen LogP contribution in [0.15, 0.2) is 29.5 Å². The third-order valence-corrected chi connectivity index (χ3v) is 3.14. The van der Waals surface area contributed by atoms with Gasteiger partial charge in [0.1, 0.15) is 5.75 Å². The highest BCUT2D eigenvalue weighted by molar-refractivity contribution is 6.17. The van der Waals surface area contributed by atoms with Gasteiger partial charge in [-0.3, -0.25) is 0 Å². The van der Waals surface area contributed by atoms with Crippen molar-refractivity contribution in [3.05, 3.63) is 41.2 Å². The standard InChI is InChI=1S/C15H19ClN4O/c1-3-6-21-14-5-4-12(7-13(14)8-16)9-18-20-10-11(2)19-15(20)17/h4-5,7,9-10H,3,6,8H2,1-2H3,(H2,17,19). The second-order valence-corrected chi connectivity index (χ2v) is 4.95. The Hall–Kier alpha value is -2.01. The summed E-state index contributed by atoms with van der Waals surface area (Å²) in [6.45, 7) is 4.62. The minimum absolute atomic E-state index is 0.365. The highest BCUT2D eigenvalue weighted by Gasteiger charge is 2.04. The number of aromatic nitrogens is 2. The fourth-order valence-corrected chi connectivity index (χ4v) is 2.07. The molecule has 0 unspecified atom stereocenters. The number of imidazole rings is 1. The topological polar surface area (TPSA) is 65.4 Å². The largest absolute Gasteiger partial charge is 0.493 e. The average molecular weight is 307 g/mol. The highest BCUT2D eigenvalue weighted by Crippen LogP contribution is 2.22. The molecule has 0 aliphatic rings. The van der Waals surface area contributed by atoms with E-state index < -0.39 is 0 Å². The first-order valence-electron chi connectivity index (χ1n) is 6.81. The van der Waals surface area contributed by atoms with E-state index in [1.807, 2.05) is 25.1 Å². The third-order valence-electron chi connectivity index (χ3n) is 2.86. The zero-order valence-corrected chi connectivity index (χ0v) is 13.0. The van der Waals surface area contributed by atoms with Gasteiger partial charge in [-0.15, -0.1) is 11.6 Å². The van der Waals surface area contributed by atoms with Crippen LogP contribution < -0.4 is 10.5 Å². The maximum Gasteiger partial charge on any atom is 0.221 e. The number of anilines is 1. The molecular weight excluding hydrogens is 288 g/mol. The number of benzene rings is 1. The van der Waals surface area contributed by atoms with Crippen LogP contribution >= 0.6 is 11.6 Å². The van der Waals surface area contributed by atoms with Gasteiger partial charge >= 0.3 is 0 Å². The minimum atomic E-state index is 0.365. The van der Waals surface area contributed by atoms with Gasteiger partial charge < -0.3 is 10.5 Å². The average Bonchev–Trinajstić information content (AvgIpc) is 2.81. The molecule has 5 nitrogen and oxygen atoms in total. The van der Waals surface area contributed by atoms with Crippen LogP contribution in [0.25, 0.3) is 0 Å². The van der Waals surface area contributed by atoms with Crippen LogP contribution in [0.1, 0.15) is 30.2 Å². The summed E-state index contributed by atoms with van der Waals surface area (Å²) >= 11 is 5.97. The molecule has 0 radical (unpaired) electrons. The molecule has 6 heteroatoms. The number of hydrogen-bond acceptors (Lipinski definition) is 4. The van der Waals surface area contributed by atoms with Gasteiger partial charge in [-0.25, -0.2) is 9.66 Å². The van der Waals surface area contributed by atoms with E-state index in [0.29, 0.717) is 18.4 Å². The molecule has 0 aliphatic heterocycles. The summed E-state index contributed by atoms with van der Waals surface area (Å²) in [4.78, 5) is 4.09. The molecule has 0 fully saturated rings. The SMILES string of the molecule is CCCOc1ccc(C=Nn2cc(C)nc2N)cc1CCl. The molecule has 0 spiro atoms. The van der Waals surface area contributed by atoms with Gasteiger partial charge in [-0.2, -0.15) is 5.10 Å². The first kappa shape index (κ1) is 15.4. The Balaban J connectivity index is 2.19. The lowest BCUT2D eigenvalue weighted by Gasteiger charge is -2.09. The van der Waals surface area contributed by atoms with Crippen molar-refractivity contribution in [3.8, 4) is 5.75 Å². The maximum atomic E-state index is 5.97. The molecule has 112 valence electrons. The van der Waals surface area contributed by atoms with Crippen LogP contribution in [0.4, 0.5) is 5.95 Å². The fourth-order valence-electron chi connectivity index (χ4n) is 1.86. The van der Waals surface area contributed by atoms with Crippen molar-refractivity contribution in [3.63, 3.8) is 0 Å². The Morgan fingerprint density at radius 1 is 1.48 bits per heavy atom. The summed E-state index contributed by atoms with van der Waals surface area (Å²) in [6, 6.07) is 5.81. The summed E-state index contributed by atoms with van der Waals surface area (Å²) in [5.74, 6) is 1.58. The Kier molecular flexibility index (Phi) is 5.22. The molecule has 21 heavy (non-hydrogen) atoms. The Morgan fingerprint density at radius 3 is 2.90 bits per heavy atom. The zero-order chi connectivity index (χ0) is 15.2. The van der Waals surface area contributed by atoms with Gasteiger partial charge in [0, 0.05) is 5.56 Å². The molecule has 0 atom stereocenters. The second-order valence-electron chi connectivity index (χ2n) is 4.68. The number of nitrogens with two attached hydrogens (primary N) is 1. The number of aryl methyl sites for hydroxylation is 1. The van der Waals surface area contributed by atoms with Crippen LogP contribution in [0, 0.1) is 6.92 Å². The van der Waals surface area contributed by atoms with Crippen molar-refractivity contribution < 1.29 is 4.74 Å². The van der Waals surface area contributed by atoms with Crippen LogP contribution in [-0.2, 0) is 5.88 Å².